The van der Waals surface area contributed by atoms with Crippen molar-refractivity contribution in [3.8, 4) is 34.1 Å². The van der Waals surface area contributed by atoms with E-state index in [1.807, 2.05) is 36.4 Å². The first-order valence-corrected chi connectivity index (χ1v) is 8.23. The molecule has 0 aromatic heterocycles. The highest BCUT2D eigenvalue weighted by Crippen LogP contribution is 2.46. The molecule has 4 heteroatoms. The second kappa shape index (κ2) is 6.15. The topological polar surface area (TPSA) is 58.9 Å². The van der Waals surface area contributed by atoms with Crippen molar-refractivity contribution in [1.29, 1.82) is 0 Å². The van der Waals surface area contributed by atoms with E-state index >= 15 is 0 Å². The fourth-order valence-corrected chi connectivity index (χ4v) is 3.43. The van der Waals surface area contributed by atoms with Crippen molar-refractivity contribution in [2.45, 2.75) is 0 Å². The summed E-state index contributed by atoms with van der Waals surface area (Å²) in [6, 6.07) is 18.6. The number of fused-ring (bicyclic) bond motifs is 2. The van der Waals surface area contributed by atoms with Crippen molar-refractivity contribution >= 4 is 21.5 Å². The van der Waals surface area contributed by atoms with Gasteiger partial charge >= 0.3 is 0 Å². The van der Waals surface area contributed by atoms with Crippen LogP contribution in [0, 0.1) is 0 Å². The van der Waals surface area contributed by atoms with E-state index in [9.17, 15) is 10.2 Å². The Labute approximate surface area is 150 Å². The van der Waals surface area contributed by atoms with Gasteiger partial charge < -0.3 is 19.7 Å². The van der Waals surface area contributed by atoms with E-state index in [1.54, 1.807) is 38.5 Å². The van der Waals surface area contributed by atoms with Crippen LogP contribution in [0.2, 0.25) is 0 Å². The van der Waals surface area contributed by atoms with Gasteiger partial charge in [-0.15, -0.1) is 0 Å². The molecule has 0 saturated carbocycles. The molecule has 0 spiro atoms. The first-order valence-electron chi connectivity index (χ1n) is 8.23. The number of ether oxygens (including phenoxy) is 2. The molecule has 0 bridgehead atoms. The molecule has 4 aromatic carbocycles. The molecule has 4 rings (SSSR count). The first kappa shape index (κ1) is 16.1. The highest BCUT2D eigenvalue weighted by molar-refractivity contribution is 6.03. The van der Waals surface area contributed by atoms with Crippen LogP contribution in [0.25, 0.3) is 32.7 Å². The van der Waals surface area contributed by atoms with Gasteiger partial charge in [-0.25, -0.2) is 0 Å². The minimum Gasteiger partial charge on any atom is -0.507 e. The molecule has 0 heterocycles. The van der Waals surface area contributed by atoms with Crippen molar-refractivity contribution in [2.75, 3.05) is 14.2 Å². The molecule has 0 amide bonds. The van der Waals surface area contributed by atoms with Gasteiger partial charge in [0.15, 0.2) is 0 Å². The van der Waals surface area contributed by atoms with Crippen molar-refractivity contribution in [1.82, 2.24) is 0 Å². The first-order chi connectivity index (χ1) is 12.7. The molecular formula is C22H18O4. The minimum atomic E-state index is 0.0736. The van der Waals surface area contributed by atoms with E-state index in [0.717, 1.165) is 10.8 Å². The van der Waals surface area contributed by atoms with E-state index < -0.39 is 0 Å². The lowest BCUT2D eigenvalue weighted by Crippen LogP contribution is -1.90. The third-order valence-corrected chi connectivity index (χ3v) is 4.69. The average Bonchev–Trinajstić information content (AvgIpc) is 2.68. The second-order valence-corrected chi connectivity index (χ2v) is 6.04. The normalized spacial score (nSPS) is 11.0. The highest BCUT2D eigenvalue weighted by atomic mass is 16.5. The second-order valence-electron chi connectivity index (χ2n) is 6.04. The Kier molecular flexibility index (Phi) is 3.81. The summed E-state index contributed by atoms with van der Waals surface area (Å²) in [6.07, 6.45) is 0. The largest absolute Gasteiger partial charge is 0.507 e. The zero-order valence-corrected chi connectivity index (χ0v) is 14.5. The summed E-state index contributed by atoms with van der Waals surface area (Å²) < 4.78 is 10.8. The Morgan fingerprint density at radius 3 is 1.38 bits per heavy atom. The van der Waals surface area contributed by atoms with Crippen molar-refractivity contribution in [3.63, 3.8) is 0 Å². The molecular weight excluding hydrogens is 328 g/mol. The zero-order chi connectivity index (χ0) is 18.3. The van der Waals surface area contributed by atoms with E-state index in [4.69, 9.17) is 9.47 Å². The van der Waals surface area contributed by atoms with Crippen LogP contribution < -0.4 is 9.47 Å². The van der Waals surface area contributed by atoms with E-state index in [1.165, 1.54) is 0 Å². The summed E-state index contributed by atoms with van der Waals surface area (Å²) in [4.78, 5) is 0. The third-order valence-electron chi connectivity index (χ3n) is 4.69. The van der Waals surface area contributed by atoms with Gasteiger partial charge in [-0.3, -0.25) is 0 Å². The molecule has 0 aliphatic rings. The lowest BCUT2D eigenvalue weighted by molar-refractivity contribution is 0.415. The molecule has 0 saturated heterocycles. The lowest BCUT2D eigenvalue weighted by Gasteiger charge is -2.14. The number of phenolic OH excluding ortho intramolecular Hbond substituents is 2. The average molecular weight is 346 g/mol. The van der Waals surface area contributed by atoms with Crippen LogP contribution in [0.4, 0.5) is 0 Å². The van der Waals surface area contributed by atoms with Gasteiger partial charge in [0.1, 0.15) is 23.0 Å². The van der Waals surface area contributed by atoms with E-state index in [2.05, 4.69) is 0 Å². The van der Waals surface area contributed by atoms with Crippen LogP contribution >= 0.6 is 0 Å². The molecule has 4 nitrogen and oxygen atoms in total. The fourth-order valence-electron chi connectivity index (χ4n) is 3.43. The molecule has 4 aromatic rings. The standard InChI is InChI=1S/C22H18O4/c1-25-17-7-3-5-13-9-11-15(21(23)19(13)17)16-12-10-14-6-4-8-18(26-2)20(14)22(16)24/h3-12,23-24H,1-2H3. The Morgan fingerprint density at radius 2 is 1.00 bits per heavy atom. The smallest absolute Gasteiger partial charge is 0.135 e. The number of methoxy groups -OCH3 is 2. The van der Waals surface area contributed by atoms with Crippen LogP contribution in [0.1, 0.15) is 0 Å². The van der Waals surface area contributed by atoms with Crippen molar-refractivity contribution < 1.29 is 19.7 Å². The van der Waals surface area contributed by atoms with Crippen LogP contribution in [-0.2, 0) is 0 Å². The summed E-state index contributed by atoms with van der Waals surface area (Å²) >= 11 is 0. The quantitative estimate of drug-likeness (QED) is 0.542. The monoisotopic (exact) mass is 346 g/mol. The molecule has 0 aliphatic heterocycles. The minimum absolute atomic E-state index is 0.0736. The maximum absolute atomic E-state index is 10.9. The summed E-state index contributed by atoms with van der Waals surface area (Å²) in [5, 5.41) is 24.8. The molecule has 0 radical (unpaired) electrons. The number of aromatic hydroxyl groups is 2. The Morgan fingerprint density at radius 1 is 0.577 bits per heavy atom. The number of phenols is 2. The number of benzene rings is 4. The molecule has 2 N–H and O–H groups in total. The summed E-state index contributed by atoms with van der Waals surface area (Å²) in [5.74, 6) is 1.31. The summed E-state index contributed by atoms with van der Waals surface area (Å²) in [6.45, 7) is 0. The molecule has 0 unspecified atom stereocenters. The highest BCUT2D eigenvalue weighted by Gasteiger charge is 2.17. The van der Waals surface area contributed by atoms with Gasteiger partial charge in [0.25, 0.3) is 0 Å². The lowest BCUT2D eigenvalue weighted by atomic mass is 9.95. The fraction of sp³-hybridized carbons (Fsp3) is 0.0909. The summed E-state index contributed by atoms with van der Waals surface area (Å²) in [7, 11) is 3.14. The predicted octanol–water partition coefficient (Wildman–Crippen LogP) is 5.09. The van der Waals surface area contributed by atoms with Gasteiger partial charge in [-0.2, -0.15) is 0 Å². The number of hydrogen-bond donors (Lipinski definition) is 2. The molecule has 0 atom stereocenters. The summed E-state index contributed by atoms with van der Waals surface area (Å²) in [5.41, 5.74) is 1.07. The van der Waals surface area contributed by atoms with E-state index in [-0.39, 0.29) is 11.5 Å². The van der Waals surface area contributed by atoms with Gasteiger partial charge in [-0.05, 0) is 35.0 Å². The van der Waals surface area contributed by atoms with Crippen LogP contribution in [0.5, 0.6) is 23.0 Å². The molecule has 130 valence electrons. The molecule has 0 aliphatic carbocycles. The van der Waals surface area contributed by atoms with Gasteiger partial charge in [0.05, 0.1) is 25.0 Å². The third kappa shape index (κ3) is 2.30. The van der Waals surface area contributed by atoms with Crippen LogP contribution in [0.15, 0.2) is 60.7 Å². The maximum atomic E-state index is 10.9. The predicted molar refractivity (Wildman–Crippen MR) is 103 cm³/mol. The van der Waals surface area contributed by atoms with Gasteiger partial charge in [0.2, 0.25) is 0 Å². The molecule has 26 heavy (non-hydrogen) atoms. The SMILES string of the molecule is COc1cccc2ccc(-c3ccc4cccc(OC)c4c3O)c(O)c12. The number of rotatable bonds is 3. The Balaban J connectivity index is 2.05. The van der Waals surface area contributed by atoms with Crippen molar-refractivity contribution in [3.05, 3.63) is 60.7 Å². The van der Waals surface area contributed by atoms with Crippen LogP contribution in [0.3, 0.4) is 0 Å². The zero-order valence-electron chi connectivity index (χ0n) is 14.5. The molecule has 0 fully saturated rings. The van der Waals surface area contributed by atoms with Crippen molar-refractivity contribution in [2.24, 2.45) is 0 Å². The van der Waals surface area contributed by atoms with Gasteiger partial charge in [0, 0.05) is 11.1 Å². The number of hydrogen-bond acceptors (Lipinski definition) is 4. The Hall–Kier alpha value is -3.40. The van der Waals surface area contributed by atoms with E-state index in [0.29, 0.717) is 33.4 Å². The maximum Gasteiger partial charge on any atom is 0.135 e. The van der Waals surface area contributed by atoms with Crippen LogP contribution in [-0.4, -0.2) is 24.4 Å². The Bertz CT molecular complexity index is 1040. The van der Waals surface area contributed by atoms with Gasteiger partial charge in [-0.1, -0.05) is 36.4 Å².